The number of nitrogens with one attached hydrogen (secondary N) is 3. The molecule has 43 heavy (non-hydrogen) atoms. The third kappa shape index (κ3) is 6.86. The summed E-state index contributed by atoms with van der Waals surface area (Å²) in [4.78, 5) is 60.5. The normalized spacial score (nSPS) is 19.0. The zero-order chi connectivity index (χ0) is 29.8. The minimum Gasteiger partial charge on any atom is -0.378 e. The molecule has 0 spiro atoms. The van der Waals surface area contributed by atoms with Gasteiger partial charge in [-0.2, -0.15) is 0 Å². The lowest BCUT2D eigenvalue weighted by Crippen LogP contribution is -2.52. The van der Waals surface area contributed by atoms with Crippen molar-refractivity contribution in [3.63, 3.8) is 0 Å². The van der Waals surface area contributed by atoms with Gasteiger partial charge < -0.3 is 30.5 Å². The Morgan fingerprint density at radius 1 is 0.930 bits per heavy atom. The fourth-order valence-corrected chi connectivity index (χ4v) is 6.05. The van der Waals surface area contributed by atoms with Gasteiger partial charge in [-0.15, -0.1) is 11.3 Å². The van der Waals surface area contributed by atoms with Crippen LogP contribution >= 0.6 is 11.3 Å². The van der Waals surface area contributed by atoms with Crippen LogP contribution in [0.25, 0.3) is 11.3 Å². The Morgan fingerprint density at radius 2 is 1.67 bits per heavy atom. The number of urea groups is 1. The summed E-state index contributed by atoms with van der Waals surface area (Å²) in [6, 6.07) is 14.7. The number of carbonyl (C=O) groups excluding carboxylic acids is 4. The lowest BCUT2D eigenvalue weighted by atomic mass is 10.0. The van der Waals surface area contributed by atoms with Crippen LogP contribution in [0.1, 0.15) is 47.6 Å². The molecule has 1 saturated carbocycles. The molecule has 2 atom stereocenters. The maximum absolute atomic E-state index is 13.9. The molecule has 12 heteroatoms. The lowest BCUT2D eigenvalue weighted by molar-refractivity contribution is -0.138. The fourth-order valence-electron chi connectivity index (χ4n) is 5.32. The maximum atomic E-state index is 13.9. The van der Waals surface area contributed by atoms with E-state index in [1.54, 1.807) is 34.1 Å². The van der Waals surface area contributed by atoms with Gasteiger partial charge in [-0.05, 0) is 43.4 Å². The van der Waals surface area contributed by atoms with Gasteiger partial charge in [0.2, 0.25) is 5.91 Å². The Hall–Kier alpha value is -4.29. The van der Waals surface area contributed by atoms with Gasteiger partial charge in [0, 0.05) is 42.2 Å². The Bertz CT molecular complexity index is 1470. The number of benzene rings is 2. The van der Waals surface area contributed by atoms with Gasteiger partial charge in [0.15, 0.2) is 5.13 Å². The van der Waals surface area contributed by atoms with E-state index in [-0.39, 0.29) is 23.8 Å². The average molecular weight is 603 g/mol. The van der Waals surface area contributed by atoms with Crippen LogP contribution < -0.4 is 16.0 Å². The third-order valence-corrected chi connectivity index (χ3v) is 8.63. The molecule has 224 valence electrons. The Labute approximate surface area is 253 Å². The van der Waals surface area contributed by atoms with Crippen molar-refractivity contribution in [1.29, 1.82) is 0 Å². The van der Waals surface area contributed by atoms with Gasteiger partial charge in [0.25, 0.3) is 11.8 Å². The van der Waals surface area contributed by atoms with Crippen molar-refractivity contribution in [2.45, 2.75) is 43.8 Å². The molecular formula is C31H34N6O5S. The van der Waals surface area contributed by atoms with Gasteiger partial charge in [-0.3, -0.25) is 14.4 Å². The van der Waals surface area contributed by atoms with Crippen molar-refractivity contribution in [2.24, 2.45) is 0 Å². The standard InChI is InChI=1S/C31H34N6O5S/c38-27(32-23-12-13-23)22-10-8-20(9-11-22)24-19-43-30(33-24)35-28(39)25-7-4-14-37(25)29(40)26(21-5-2-1-3-6-21)34-31(41)36-15-17-42-18-16-36/h1-3,5-6,8-11,19,23,25-26H,4,7,12-18H2,(H,32,38)(H,34,41)(H,33,35,39)/t25-,26+/m0/s1. The number of rotatable bonds is 8. The summed E-state index contributed by atoms with van der Waals surface area (Å²) < 4.78 is 5.35. The molecule has 2 saturated heterocycles. The summed E-state index contributed by atoms with van der Waals surface area (Å²) in [5.41, 5.74) is 2.77. The van der Waals surface area contributed by atoms with Gasteiger partial charge in [0.05, 0.1) is 18.9 Å². The predicted molar refractivity (Wildman–Crippen MR) is 162 cm³/mol. The zero-order valence-electron chi connectivity index (χ0n) is 23.7. The largest absolute Gasteiger partial charge is 0.378 e. The summed E-state index contributed by atoms with van der Waals surface area (Å²) in [5.74, 6) is -0.715. The number of likely N-dealkylation sites (tertiary alicyclic amines) is 1. The first kappa shape index (κ1) is 28.8. The third-order valence-electron chi connectivity index (χ3n) is 7.87. The van der Waals surface area contributed by atoms with Crippen molar-refractivity contribution >= 4 is 40.2 Å². The monoisotopic (exact) mass is 602 g/mol. The summed E-state index contributed by atoms with van der Waals surface area (Å²) in [7, 11) is 0. The Morgan fingerprint density at radius 3 is 2.40 bits per heavy atom. The number of ether oxygens (including phenoxy) is 1. The smallest absolute Gasteiger partial charge is 0.318 e. The molecule has 3 heterocycles. The van der Waals surface area contributed by atoms with E-state index in [0.29, 0.717) is 73.7 Å². The van der Waals surface area contributed by atoms with Crippen molar-refractivity contribution in [3.8, 4) is 11.3 Å². The van der Waals surface area contributed by atoms with Crippen LogP contribution in [-0.4, -0.2) is 83.5 Å². The van der Waals surface area contributed by atoms with Crippen LogP contribution in [-0.2, 0) is 14.3 Å². The number of nitrogens with zero attached hydrogens (tertiary/aromatic N) is 3. The molecule has 1 aromatic heterocycles. The number of hydrogen-bond acceptors (Lipinski definition) is 7. The molecular weight excluding hydrogens is 568 g/mol. The number of thiazole rings is 1. The van der Waals surface area contributed by atoms with Crippen molar-refractivity contribution in [2.75, 3.05) is 38.2 Å². The second kappa shape index (κ2) is 12.9. The van der Waals surface area contributed by atoms with E-state index in [0.717, 1.165) is 18.4 Å². The summed E-state index contributed by atoms with van der Waals surface area (Å²) in [5, 5.41) is 11.0. The average Bonchev–Trinajstić information content (AvgIpc) is 3.50. The van der Waals surface area contributed by atoms with Crippen LogP contribution in [0, 0.1) is 0 Å². The number of anilines is 1. The highest BCUT2D eigenvalue weighted by atomic mass is 32.1. The first-order valence-corrected chi connectivity index (χ1v) is 15.5. The second-order valence-electron chi connectivity index (χ2n) is 10.9. The maximum Gasteiger partial charge on any atom is 0.318 e. The summed E-state index contributed by atoms with van der Waals surface area (Å²) in [6.45, 7) is 2.22. The zero-order valence-corrected chi connectivity index (χ0v) is 24.5. The number of carbonyl (C=O) groups is 4. The molecule has 5 amide bonds. The number of aromatic nitrogens is 1. The lowest BCUT2D eigenvalue weighted by Gasteiger charge is -2.32. The first-order valence-electron chi connectivity index (χ1n) is 14.6. The summed E-state index contributed by atoms with van der Waals surface area (Å²) in [6.07, 6.45) is 3.25. The second-order valence-corrected chi connectivity index (χ2v) is 11.8. The highest BCUT2D eigenvalue weighted by molar-refractivity contribution is 7.14. The van der Waals surface area contributed by atoms with E-state index in [1.807, 2.05) is 35.7 Å². The molecule has 0 unspecified atom stereocenters. The Balaban J connectivity index is 1.12. The molecule has 11 nitrogen and oxygen atoms in total. The highest BCUT2D eigenvalue weighted by Gasteiger charge is 2.39. The summed E-state index contributed by atoms with van der Waals surface area (Å²) >= 11 is 1.30. The van der Waals surface area contributed by atoms with Crippen LogP contribution in [0.5, 0.6) is 0 Å². The predicted octanol–water partition coefficient (Wildman–Crippen LogP) is 3.41. The first-order chi connectivity index (χ1) is 21.0. The SMILES string of the molecule is O=C(NC1CC1)c1ccc(-c2csc(NC(=O)[C@@H]3CCCN3C(=O)[C@H](NC(=O)N3CCOCC3)c3ccccc3)n2)cc1. The fraction of sp³-hybridized carbons (Fsp3) is 0.387. The number of hydrogen-bond donors (Lipinski definition) is 3. The van der Waals surface area contributed by atoms with E-state index >= 15 is 0 Å². The topological polar surface area (TPSA) is 133 Å². The van der Waals surface area contributed by atoms with Gasteiger partial charge in [0.1, 0.15) is 12.1 Å². The molecule has 3 aliphatic rings. The van der Waals surface area contributed by atoms with Crippen LogP contribution in [0.4, 0.5) is 9.93 Å². The molecule has 6 rings (SSSR count). The molecule has 3 aromatic rings. The molecule has 3 N–H and O–H groups in total. The Kier molecular flexibility index (Phi) is 8.66. The molecule has 2 aromatic carbocycles. The molecule has 2 aliphatic heterocycles. The quantitative estimate of drug-likeness (QED) is 0.362. The van der Waals surface area contributed by atoms with Gasteiger partial charge in [-0.1, -0.05) is 42.5 Å². The van der Waals surface area contributed by atoms with Crippen LogP contribution in [0.3, 0.4) is 0 Å². The van der Waals surface area contributed by atoms with Crippen LogP contribution in [0.2, 0.25) is 0 Å². The molecule has 0 radical (unpaired) electrons. The molecule has 0 bridgehead atoms. The van der Waals surface area contributed by atoms with Gasteiger partial charge in [-0.25, -0.2) is 9.78 Å². The number of amides is 5. The minimum atomic E-state index is -0.925. The number of morpholine rings is 1. The minimum absolute atomic E-state index is 0.0777. The van der Waals surface area contributed by atoms with Gasteiger partial charge >= 0.3 is 6.03 Å². The van der Waals surface area contributed by atoms with E-state index in [4.69, 9.17) is 4.74 Å². The molecule has 1 aliphatic carbocycles. The van der Waals surface area contributed by atoms with E-state index < -0.39 is 12.1 Å². The van der Waals surface area contributed by atoms with Crippen LogP contribution in [0.15, 0.2) is 60.0 Å². The van der Waals surface area contributed by atoms with E-state index in [1.165, 1.54) is 11.3 Å². The molecule has 3 fully saturated rings. The highest BCUT2D eigenvalue weighted by Crippen LogP contribution is 2.28. The van der Waals surface area contributed by atoms with Crippen molar-refractivity contribution in [3.05, 3.63) is 71.1 Å². The van der Waals surface area contributed by atoms with E-state index in [2.05, 4.69) is 20.9 Å². The van der Waals surface area contributed by atoms with Crippen molar-refractivity contribution < 1.29 is 23.9 Å². The van der Waals surface area contributed by atoms with E-state index in [9.17, 15) is 19.2 Å². The van der Waals surface area contributed by atoms with Crippen molar-refractivity contribution in [1.82, 2.24) is 25.4 Å².